The van der Waals surface area contributed by atoms with E-state index < -0.39 is 10.0 Å². The van der Waals surface area contributed by atoms with Crippen LogP contribution in [0.5, 0.6) is 5.75 Å². The number of hydrogen-bond acceptors (Lipinski definition) is 6. The average Bonchev–Trinajstić information content (AvgIpc) is 3.25. The van der Waals surface area contributed by atoms with Gasteiger partial charge in [0.2, 0.25) is 21.7 Å². The van der Waals surface area contributed by atoms with Crippen LogP contribution < -0.4 is 4.74 Å². The Kier molecular flexibility index (Phi) is 6.08. The number of ether oxygens (including phenoxy) is 1. The normalized spacial score (nSPS) is 17.7. The number of para-hydroxylation sites is 1. The predicted molar refractivity (Wildman–Crippen MR) is 113 cm³/mol. The third-order valence-electron chi connectivity index (χ3n) is 5.05. The molecule has 0 saturated carbocycles. The van der Waals surface area contributed by atoms with Crippen molar-refractivity contribution < 1.29 is 17.7 Å². The largest absolute Gasteiger partial charge is 0.493 e. The highest BCUT2D eigenvalue weighted by Gasteiger charge is 2.33. The molecule has 0 amide bonds. The molecule has 1 atom stereocenters. The second-order valence-corrected chi connectivity index (χ2v) is 9.42. The smallest absolute Gasteiger partial charge is 0.243 e. The summed E-state index contributed by atoms with van der Waals surface area (Å²) in [5, 5.41) is 4.61. The number of rotatable bonds is 6. The molecule has 4 rings (SSSR count). The van der Waals surface area contributed by atoms with Crippen LogP contribution in [0, 0.1) is 0 Å². The van der Waals surface area contributed by atoms with E-state index in [1.165, 1.54) is 16.4 Å². The maximum Gasteiger partial charge on any atom is 0.243 e. The van der Waals surface area contributed by atoms with Gasteiger partial charge in [-0.2, -0.15) is 9.29 Å². The Hall–Kier alpha value is -2.42. The van der Waals surface area contributed by atoms with E-state index in [2.05, 4.69) is 10.1 Å². The van der Waals surface area contributed by atoms with Crippen LogP contribution in [-0.4, -0.2) is 42.6 Å². The minimum Gasteiger partial charge on any atom is -0.493 e. The Morgan fingerprint density at radius 3 is 2.73 bits per heavy atom. The van der Waals surface area contributed by atoms with Crippen LogP contribution in [-0.2, 0) is 10.0 Å². The molecule has 7 nitrogen and oxygen atoms in total. The predicted octanol–water partition coefficient (Wildman–Crippen LogP) is 4.36. The molecule has 2 heterocycles. The van der Waals surface area contributed by atoms with Crippen LogP contribution in [0.15, 0.2) is 57.9 Å². The highest BCUT2D eigenvalue weighted by Crippen LogP contribution is 2.33. The monoisotopic (exact) mass is 447 g/mol. The molecular weight excluding hydrogens is 426 g/mol. The van der Waals surface area contributed by atoms with Gasteiger partial charge in [-0.1, -0.05) is 28.9 Å². The molecule has 1 fully saturated rings. The molecule has 1 aliphatic heterocycles. The Labute approximate surface area is 180 Å². The molecule has 9 heteroatoms. The van der Waals surface area contributed by atoms with Gasteiger partial charge in [-0.25, -0.2) is 8.42 Å². The zero-order valence-corrected chi connectivity index (χ0v) is 18.1. The Balaban J connectivity index is 1.55. The molecule has 158 valence electrons. The summed E-state index contributed by atoms with van der Waals surface area (Å²) in [6.07, 6.45) is 1.49. The van der Waals surface area contributed by atoms with E-state index in [1.807, 2.05) is 31.2 Å². The van der Waals surface area contributed by atoms with Gasteiger partial charge in [-0.05, 0) is 56.2 Å². The van der Waals surface area contributed by atoms with Crippen LogP contribution in [0.2, 0.25) is 5.02 Å². The number of sulfonamides is 1. The molecule has 1 aliphatic rings. The summed E-state index contributed by atoms with van der Waals surface area (Å²) < 4.78 is 38.7. The lowest BCUT2D eigenvalue weighted by molar-refractivity contribution is 0.265. The van der Waals surface area contributed by atoms with Crippen molar-refractivity contribution >= 4 is 21.6 Å². The third kappa shape index (κ3) is 4.21. The molecule has 0 spiro atoms. The first-order valence-electron chi connectivity index (χ1n) is 9.80. The zero-order chi connectivity index (χ0) is 21.1. The van der Waals surface area contributed by atoms with E-state index in [9.17, 15) is 8.42 Å². The van der Waals surface area contributed by atoms with Gasteiger partial charge >= 0.3 is 0 Å². The first-order chi connectivity index (χ1) is 14.5. The molecule has 0 radical (unpaired) electrons. The summed E-state index contributed by atoms with van der Waals surface area (Å²) in [6.45, 7) is 3.19. The van der Waals surface area contributed by atoms with Crippen LogP contribution in [0.1, 0.15) is 31.6 Å². The van der Waals surface area contributed by atoms with Crippen molar-refractivity contribution in [2.45, 2.75) is 30.6 Å². The zero-order valence-electron chi connectivity index (χ0n) is 16.5. The molecule has 0 aliphatic carbocycles. The van der Waals surface area contributed by atoms with Crippen molar-refractivity contribution in [3.05, 3.63) is 59.4 Å². The van der Waals surface area contributed by atoms with Crippen molar-refractivity contribution in [3.8, 4) is 17.1 Å². The van der Waals surface area contributed by atoms with E-state index in [0.29, 0.717) is 48.6 Å². The van der Waals surface area contributed by atoms with Gasteiger partial charge in [0.25, 0.3) is 0 Å². The molecule has 0 N–H and O–H groups in total. The number of aromatic nitrogens is 2. The standard InChI is InChI=1S/C21H22ClN3O4S/c1-2-28-19-8-4-3-7-18(19)20-23-21(29-24-20)15-6-5-13-25(14-15)30(26,27)17-11-9-16(22)10-12-17/h3-4,7-12,15H,2,5-6,13-14H2,1H3/t15-/m1/s1. The summed E-state index contributed by atoms with van der Waals surface area (Å²) >= 11 is 5.89. The summed E-state index contributed by atoms with van der Waals surface area (Å²) in [4.78, 5) is 4.78. The summed E-state index contributed by atoms with van der Waals surface area (Å²) in [6, 6.07) is 13.7. The molecule has 3 aromatic rings. The van der Waals surface area contributed by atoms with Crippen LogP contribution >= 0.6 is 11.6 Å². The van der Waals surface area contributed by atoms with Crippen molar-refractivity contribution in [2.24, 2.45) is 0 Å². The van der Waals surface area contributed by atoms with Crippen molar-refractivity contribution in [1.82, 2.24) is 14.4 Å². The van der Waals surface area contributed by atoms with Gasteiger partial charge in [-0.3, -0.25) is 0 Å². The highest BCUT2D eigenvalue weighted by molar-refractivity contribution is 7.89. The van der Waals surface area contributed by atoms with E-state index >= 15 is 0 Å². The summed E-state index contributed by atoms with van der Waals surface area (Å²) in [5.41, 5.74) is 0.746. The second-order valence-electron chi connectivity index (χ2n) is 7.04. The lowest BCUT2D eigenvalue weighted by atomic mass is 10.00. The SMILES string of the molecule is CCOc1ccccc1-c1noc([C@@H]2CCCN(S(=O)(=O)c3ccc(Cl)cc3)C2)n1. The maximum atomic E-state index is 13.0. The average molecular weight is 448 g/mol. The molecule has 0 bridgehead atoms. The van der Waals surface area contributed by atoms with Gasteiger partial charge in [0.05, 0.1) is 23.0 Å². The fraction of sp³-hybridized carbons (Fsp3) is 0.333. The topological polar surface area (TPSA) is 85.5 Å². The van der Waals surface area contributed by atoms with Crippen LogP contribution in [0.25, 0.3) is 11.4 Å². The summed E-state index contributed by atoms with van der Waals surface area (Å²) in [7, 11) is -3.61. The molecule has 30 heavy (non-hydrogen) atoms. The van der Waals surface area contributed by atoms with Crippen molar-refractivity contribution in [2.75, 3.05) is 19.7 Å². The molecular formula is C21H22ClN3O4S. The van der Waals surface area contributed by atoms with Crippen LogP contribution in [0.4, 0.5) is 0 Å². The van der Waals surface area contributed by atoms with Crippen molar-refractivity contribution in [3.63, 3.8) is 0 Å². The first-order valence-corrected chi connectivity index (χ1v) is 11.6. The summed E-state index contributed by atoms with van der Waals surface area (Å²) in [5.74, 6) is 1.39. The molecule has 0 unspecified atom stereocenters. The number of halogens is 1. The third-order valence-corrected chi connectivity index (χ3v) is 7.19. The van der Waals surface area contributed by atoms with E-state index in [4.69, 9.17) is 20.9 Å². The quantitative estimate of drug-likeness (QED) is 0.558. The van der Waals surface area contributed by atoms with E-state index in [1.54, 1.807) is 12.1 Å². The second kappa shape index (κ2) is 8.75. The maximum absolute atomic E-state index is 13.0. The fourth-order valence-corrected chi connectivity index (χ4v) is 5.21. The number of nitrogens with zero attached hydrogens (tertiary/aromatic N) is 3. The lowest BCUT2D eigenvalue weighted by Gasteiger charge is -2.30. The molecule has 1 aromatic heterocycles. The van der Waals surface area contributed by atoms with Gasteiger partial charge in [0.1, 0.15) is 5.75 Å². The molecule has 2 aromatic carbocycles. The fourth-order valence-electron chi connectivity index (χ4n) is 3.56. The van der Waals surface area contributed by atoms with Gasteiger partial charge < -0.3 is 9.26 Å². The minimum absolute atomic E-state index is 0.165. The lowest BCUT2D eigenvalue weighted by Crippen LogP contribution is -2.39. The van der Waals surface area contributed by atoms with Gasteiger partial charge in [0.15, 0.2) is 0 Å². The number of piperidine rings is 1. The Morgan fingerprint density at radius 2 is 1.97 bits per heavy atom. The Bertz CT molecular complexity index is 1120. The highest BCUT2D eigenvalue weighted by atomic mass is 35.5. The van der Waals surface area contributed by atoms with E-state index in [0.717, 1.165) is 12.0 Å². The first kappa shape index (κ1) is 20.8. The van der Waals surface area contributed by atoms with E-state index in [-0.39, 0.29) is 10.8 Å². The van der Waals surface area contributed by atoms with Crippen LogP contribution in [0.3, 0.4) is 0 Å². The minimum atomic E-state index is -3.61. The van der Waals surface area contributed by atoms with Gasteiger partial charge in [0, 0.05) is 18.1 Å². The number of hydrogen-bond donors (Lipinski definition) is 0. The van der Waals surface area contributed by atoms with Crippen molar-refractivity contribution in [1.29, 1.82) is 0 Å². The van der Waals surface area contributed by atoms with Gasteiger partial charge in [-0.15, -0.1) is 0 Å². The molecule has 1 saturated heterocycles. The Morgan fingerprint density at radius 1 is 1.20 bits per heavy atom. The number of benzene rings is 2.